The summed E-state index contributed by atoms with van der Waals surface area (Å²) in [5, 5.41) is 0. The van der Waals surface area contributed by atoms with Crippen molar-refractivity contribution in [3.8, 4) is 0 Å². The maximum absolute atomic E-state index is 12.7. The molecule has 1 aliphatic heterocycles. The Morgan fingerprint density at radius 2 is 2.05 bits per heavy atom. The van der Waals surface area contributed by atoms with Gasteiger partial charge in [-0.15, -0.1) is 0 Å². The van der Waals surface area contributed by atoms with E-state index in [0.717, 1.165) is 12.1 Å². The van der Waals surface area contributed by atoms with E-state index in [1.807, 2.05) is 11.8 Å². The molecule has 0 aromatic heterocycles. The van der Waals surface area contributed by atoms with Gasteiger partial charge in [0.2, 0.25) is 0 Å². The number of sulfone groups is 1. The van der Waals surface area contributed by atoms with Gasteiger partial charge in [0, 0.05) is 12.6 Å². The molecule has 3 nitrogen and oxygen atoms in total. The average Bonchev–Trinajstić information content (AvgIpc) is 2.75. The van der Waals surface area contributed by atoms with Crippen LogP contribution in [0.2, 0.25) is 0 Å². The third-order valence-corrected chi connectivity index (χ3v) is 5.52. The number of hydrogen-bond acceptors (Lipinski definition) is 3. The van der Waals surface area contributed by atoms with E-state index in [0.29, 0.717) is 25.1 Å². The molecule has 1 aliphatic rings. The molecule has 0 aliphatic carbocycles. The van der Waals surface area contributed by atoms with Crippen LogP contribution in [0.1, 0.15) is 24.5 Å². The second-order valence-corrected chi connectivity index (χ2v) is 7.55. The zero-order valence-corrected chi connectivity index (χ0v) is 12.5. The zero-order chi connectivity index (χ0) is 15.7. The number of rotatable bonds is 4. The lowest BCUT2D eigenvalue weighted by molar-refractivity contribution is -0.137. The molecule has 21 heavy (non-hydrogen) atoms. The second-order valence-electron chi connectivity index (χ2n) is 5.32. The standard InChI is InChI=1S/C14H18F3NO2S/c1-2-18(13-6-7-21(19,20)10-13)9-11-4-3-5-12(8-11)14(15,16)17/h3-5,8,13H,2,6-7,9-10H2,1H3. The minimum atomic E-state index is -4.36. The quantitative estimate of drug-likeness (QED) is 0.856. The van der Waals surface area contributed by atoms with E-state index in [1.54, 1.807) is 6.07 Å². The molecule has 7 heteroatoms. The van der Waals surface area contributed by atoms with Gasteiger partial charge in [0.05, 0.1) is 17.1 Å². The Balaban J connectivity index is 2.12. The highest BCUT2D eigenvalue weighted by Gasteiger charge is 2.33. The topological polar surface area (TPSA) is 37.4 Å². The Bertz CT molecular complexity index is 598. The summed E-state index contributed by atoms with van der Waals surface area (Å²) in [6.07, 6.45) is -3.81. The minimum Gasteiger partial charge on any atom is -0.295 e. The van der Waals surface area contributed by atoms with Crippen LogP contribution in [0, 0.1) is 0 Å². The van der Waals surface area contributed by atoms with Crippen LogP contribution in [-0.2, 0) is 22.6 Å². The molecule has 1 fully saturated rings. The normalized spacial score (nSPS) is 21.9. The first-order valence-corrected chi connectivity index (χ1v) is 8.64. The van der Waals surface area contributed by atoms with E-state index >= 15 is 0 Å². The van der Waals surface area contributed by atoms with Crippen LogP contribution >= 0.6 is 0 Å². The zero-order valence-electron chi connectivity index (χ0n) is 11.7. The molecule has 0 N–H and O–H groups in total. The molecule has 0 saturated carbocycles. The number of nitrogens with zero attached hydrogens (tertiary/aromatic N) is 1. The van der Waals surface area contributed by atoms with Crippen molar-refractivity contribution in [1.29, 1.82) is 0 Å². The van der Waals surface area contributed by atoms with Gasteiger partial charge < -0.3 is 0 Å². The number of benzene rings is 1. The van der Waals surface area contributed by atoms with Gasteiger partial charge in [0.25, 0.3) is 0 Å². The highest BCUT2D eigenvalue weighted by molar-refractivity contribution is 7.91. The summed E-state index contributed by atoms with van der Waals surface area (Å²) in [6, 6.07) is 5.10. The molecule has 118 valence electrons. The molecule has 1 heterocycles. The van der Waals surface area contributed by atoms with E-state index in [-0.39, 0.29) is 17.5 Å². The summed E-state index contributed by atoms with van der Waals surface area (Å²) in [7, 11) is -3.00. The third-order valence-electron chi connectivity index (χ3n) is 3.77. The van der Waals surface area contributed by atoms with Crippen molar-refractivity contribution in [3.63, 3.8) is 0 Å². The van der Waals surface area contributed by atoms with E-state index in [1.165, 1.54) is 6.07 Å². The first-order chi connectivity index (χ1) is 9.71. The molecule has 0 amide bonds. The van der Waals surface area contributed by atoms with E-state index in [4.69, 9.17) is 0 Å². The van der Waals surface area contributed by atoms with Crippen molar-refractivity contribution < 1.29 is 21.6 Å². The van der Waals surface area contributed by atoms with Crippen LogP contribution in [0.5, 0.6) is 0 Å². The van der Waals surface area contributed by atoms with E-state index < -0.39 is 21.6 Å². The van der Waals surface area contributed by atoms with Gasteiger partial charge in [-0.25, -0.2) is 8.42 Å². The molecule has 2 rings (SSSR count). The largest absolute Gasteiger partial charge is 0.416 e. The fraction of sp³-hybridized carbons (Fsp3) is 0.571. The van der Waals surface area contributed by atoms with Gasteiger partial charge in [-0.1, -0.05) is 25.1 Å². The highest BCUT2D eigenvalue weighted by Crippen LogP contribution is 2.30. The van der Waals surface area contributed by atoms with E-state index in [9.17, 15) is 21.6 Å². The first kappa shape index (κ1) is 16.3. The van der Waals surface area contributed by atoms with Gasteiger partial charge in [-0.05, 0) is 24.6 Å². The molecular formula is C14H18F3NO2S. The molecular weight excluding hydrogens is 303 g/mol. The molecule has 0 spiro atoms. The number of halogens is 3. The fourth-order valence-electron chi connectivity index (χ4n) is 2.64. The predicted molar refractivity (Wildman–Crippen MR) is 74.6 cm³/mol. The van der Waals surface area contributed by atoms with Gasteiger partial charge in [0.15, 0.2) is 9.84 Å². The highest BCUT2D eigenvalue weighted by atomic mass is 32.2. The summed E-state index contributed by atoms with van der Waals surface area (Å²) in [6.45, 7) is 2.83. The van der Waals surface area contributed by atoms with Gasteiger partial charge in [-0.2, -0.15) is 13.2 Å². The predicted octanol–water partition coefficient (Wildman–Crippen LogP) is 2.71. The monoisotopic (exact) mass is 321 g/mol. The third kappa shape index (κ3) is 4.20. The average molecular weight is 321 g/mol. The van der Waals surface area contributed by atoms with Crippen LogP contribution in [0.4, 0.5) is 13.2 Å². The molecule has 1 aromatic rings. The van der Waals surface area contributed by atoms with Crippen LogP contribution in [0.15, 0.2) is 24.3 Å². The number of hydrogen-bond donors (Lipinski definition) is 0. The van der Waals surface area contributed by atoms with Gasteiger partial charge in [-0.3, -0.25) is 4.90 Å². The summed E-state index contributed by atoms with van der Waals surface area (Å²) >= 11 is 0. The Morgan fingerprint density at radius 1 is 1.33 bits per heavy atom. The Hall–Kier alpha value is -1.08. The lowest BCUT2D eigenvalue weighted by Gasteiger charge is -2.26. The van der Waals surface area contributed by atoms with Crippen LogP contribution in [0.25, 0.3) is 0 Å². The van der Waals surface area contributed by atoms with Crippen LogP contribution in [0.3, 0.4) is 0 Å². The summed E-state index contributed by atoms with van der Waals surface area (Å²) in [4.78, 5) is 1.93. The van der Waals surface area contributed by atoms with Crippen molar-refractivity contribution in [2.45, 2.75) is 32.1 Å². The lowest BCUT2D eigenvalue weighted by atomic mass is 10.1. The van der Waals surface area contributed by atoms with Crippen LogP contribution in [-0.4, -0.2) is 37.4 Å². The fourth-order valence-corrected chi connectivity index (χ4v) is 4.40. The Morgan fingerprint density at radius 3 is 2.57 bits per heavy atom. The minimum absolute atomic E-state index is 0.0970. The number of alkyl halides is 3. The molecule has 1 unspecified atom stereocenters. The Labute approximate surface area is 122 Å². The van der Waals surface area contributed by atoms with Gasteiger partial charge in [0.1, 0.15) is 0 Å². The Kier molecular flexibility index (Phi) is 4.63. The maximum atomic E-state index is 12.7. The van der Waals surface area contributed by atoms with Crippen molar-refractivity contribution in [1.82, 2.24) is 4.90 Å². The maximum Gasteiger partial charge on any atom is 0.416 e. The molecule has 0 bridgehead atoms. The van der Waals surface area contributed by atoms with Crippen molar-refractivity contribution in [3.05, 3.63) is 35.4 Å². The van der Waals surface area contributed by atoms with Crippen molar-refractivity contribution >= 4 is 9.84 Å². The summed E-state index contributed by atoms with van der Waals surface area (Å²) < 4.78 is 61.1. The summed E-state index contributed by atoms with van der Waals surface area (Å²) in [5.41, 5.74) is -0.119. The SMILES string of the molecule is CCN(Cc1cccc(C(F)(F)F)c1)C1CCS(=O)(=O)C1. The van der Waals surface area contributed by atoms with Crippen LogP contribution < -0.4 is 0 Å². The molecule has 0 radical (unpaired) electrons. The smallest absolute Gasteiger partial charge is 0.295 e. The van der Waals surface area contributed by atoms with E-state index in [2.05, 4.69) is 0 Å². The molecule has 1 atom stereocenters. The second kappa shape index (κ2) is 5.96. The summed E-state index contributed by atoms with van der Waals surface area (Å²) in [5.74, 6) is 0.260. The van der Waals surface area contributed by atoms with Gasteiger partial charge >= 0.3 is 6.18 Å². The lowest BCUT2D eigenvalue weighted by Crippen LogP contribution is -2.35. The molecule has 1 aromatic carbocycles. The molecule has 1 saturated heterocycles. The van der Waals surface area contributed by atoms with Crippen molar-refractivity contribution in [2.75, 3.05) is 18.1 Å². The van der Waals surface area contributed by atoms with Crippen molar-refractivity contribution in [2.24, 2.45) is 0 Å². The first-order valence-electron chi connectivity index (χ1n) is 6.82.